The second-order valence-corrected chi connectivity index (χ2v) is 14.3. The summed E-state index contributed by atoms with van der Waals surface area (Å²) in [6.45, 7) is 20.5. The summed E-state index contributed by atoms with van der Waals surface area (Å²) < 4.78 is 1.57. The van der Waals surface area contributed by atoms with Gasteiger partial charge in [-0.25, -0.2) is 4.70 Å². The van der Waals surface area contributed by atoms with Crippen LogP contribution in [0, 0.1) is 13.8 Å². The van der Waals surface area contributed by atoms with Gasteiger partial charge in [-0.05, 0) is 86.8 Å². The number of allylic oxidation sites excluding steroid dienone is 2. The first kappa shape index (κ1) is 49.0. The number of aryl methyl sites for hydroxylation is 2. The molecule has 2 aromatic carbocycles. The van der Waals surface area contributed by atoms with Crippen molar-refractivity contribution < 1.29 is 21.2 Å². The number of hydrogen-bond acceptors (Lipinski definition) is 0. The van der Waals surface area contributed by atoms with Gasteiger partial charge in [-0.2, -0.15) is 12.8 Å². The number of nitrogens with zero attached hydrogens (tertiary/aromatic N) is 2. The molecule has 0 unspecified atom stereocenters. The van der Waals surface area contributed by atoms with Gasteiger partial charge in [0.2, 0.25) is 11.4 Å². The molecule has 0 aliphatic carbocycles. The molecule has 0 atom stereocenters. The van der Waals surface area contributed by atoms with Crippen molar-refractivity contribution in [2.75, 3.05) is 0 Å². The second-order valence-electron chi connectivity index (χ2n) is 14.3. The molecule has 0 N–H and O–H groups in total. The minimum absolute atomic E-state index is 0. The Morgan fingerprint density at radius 3 is 1.37 bits per heavy atom. The smallest absolute Gasteiger partial charge is 0.493 e. The van der Waals surface area contributed by atoms with Crippen LogP contribution in [-0.2, 0) is 29.3 Å². The van der Waals surface area contributed by atoms with Gasteiger partial charge in [0.05, 0.1) is 0 Å². The Morgan fingerprint density at radius 1 is 0.451 bits per heavy atom. The molecular formula is C48H78N2Ni. The molecule has 3 rings (SSSR count). The van der Waals surface area contributed by atoms with E-state index in [0.717, 1.165) is 73.9 Å². The maximum absolute atomic E-state index is 12.0. The second kappa shape index (κ2) is 32.6. The summed E-state index contributed by atoms with van der Waals surface area (Å²) in [5.41, 5.74) is 21.8. The van der Waals surface area contributed by atoms with Gasteiger partial charge >= 0.3 is 16.5 Å². The summed E-state index contributed by atoms with van der Waals surface area (Å²) in [5.74, 6) is 0. The SMILES string of the molecule is CCCCCCCCC1=C(c2cccc(CCCC)c2)[N+](=[N-])C(c2ccc(CCCCCCCC)cc2)=C1CCCC.[CH2-]CCC.[CH2-]CCC.[Ni+2]. The topological polar surface area (TPSA) is 25.3 Å². The molecule has 0 fully saturated rings. The molecule has 2 nitrogen and oxygen atoms in total. The standard InChI is InChI=1S/C40H60N2.2C4H9.Ni/c1-5-9-13-15-17-19-23-33-28-30-35(31-29-33)39-37(26-12-8-4)38(27-20-18-16-14-10-6-2)40(42(39)41)36-25-21-24-34(32-36)22-11-7-3;2*1-3-4-2;/h21,24-25,28-32H,5-20,22-23,26-27H2,1-4H3;2*1,3-4H2,2H3;/q;2*-1;+2. The van der Waals surface area contributed by atoms with E-state index in [1.165, 1.54) is 125 Å². The third kappa shape index (κ3) is 19.6. The van der Waals surface area contributed by atoms with Gasteiger partial charge < -0.3 is 19.4 Å². The van der Waals surface area contributed by atoms with Gasteiger partial charge in [0.25, 0.3) is 0 Å². The molecule has 0 bridgehead atoms. The van der Waals surface area contributed by atoms with Crippen LogP contribution >= 0.6 is 0 Å². The van der Waals surface area contributed by atoms with Crippen LogP contribution in [0.2, 0.25) is 0 Å². The molecule has 290 valence electrons. The van der Waals surface area contributed by atoms with Crippen LogP contribution in [0.15, 0.2) is 59.7 Å². The average Bonchev–Trinajstić information content (AvgIpc) is 3.43. The molecule has 0 amide bonds. The van der Waals surface area contributed by atoms with Crippen LogP contribution < -0.4 is 0 Å². The zero-order valence-electron chi connectivity index (χ0n) is 34.2. The van der Waals surface area contributed by atoms with Crippen molar-refractivity contribution in [1.29, 1.82) is 0 Å². The molecule has 1 aliphatic heterocycles. The summed E-state index contributed by atoms with van der Waals surface area (Å²) in [6, 6.07) is 18.1. The van der Waals surface area contributed by atoms with E-state index in [4.69, 9.17) is 0 Å². The number of unbranched alkanes of at least 4 members (excludes halogenated alkanes) is 14. The first-order valence-corrected chi connectivity index (χ1v) is 21.2. The van der Waals surface area contributed by atoms with E-state index in [2.05, 4.69) is 104 Å². The molecule has 51 heavy (non-hydrogen) atoms. The predicted octanol–water partition coefficient (Wildman–Crippen LogP) is 16.3. The largest absolute Gasteiger partial charge is 2.00 e. The summed E-state index contributed by atoms with van der Waals surface area (Å²) in [6.07, 6.45) is 29.3. The minimum Gasteiger partial charge on any atom is -0.493 e. The molecule has 3 heteroatoms. The summed E-state index contributed by atoms with van der Waals surface area (Å²) >= 11 is 0. The van der Waals surface area contributed by atoms with Gasteiger partial charge in [0.15, 0.2) is 0 Å². The Bertz CT molecular complexity index is 1200. The van der Waals surface area contributed by atoms with E-state index in [1.54, 1.807) is 4.70 Å². The van der Waals surface area contributed by atoms with Crippen molar-refractivity contribution in [3.8, 4) is 0 Å². The van der Waals surface area contributed by atoms with Gasteiger partial charge in [0.1, 0.15) is 0 Å². The summed E-state index contributed by atoms with van der Waals surface area (Å²) in [4.78, 5) is 0. The van der Waals surface area contributed by atoms with Crippen LogP contribution in [0.4, 0.5) is 0 Å². The number of hydrogen-bond donors (Lipinski definition) is 0. The van der Waals surface area contributed by atoms with Crippen molar-refractivity contribution in [2.45, 2.75) is 196 Å². The quantitative estimate of drug-likeness (QED) is 0.0443. The fourth-order valence-corrected chi connectivity index (χ4v) is 6.41. The molecule has 0 radical (unpaired) electrons. The summed E-state index contributed by atoms with van der Waals surface area (Å²) in [5, 5.41) is 0. The van der Waals surface area contributed by atoms with Crippen LogP contribution in [-0.4, -0.2) is 4.70 Å². The van der Waals surface area contributed by atoms with E-state index in [-0.39, 0.29) is 16.5 Å². The molecule has 1 heterocycles. The Morgan fingerprint density at radius 2 is 0.863 bits per heavy atom. The first-order chi connectivity index (χ1) is 24.5. The molecule has 0 aromatic heterocycles. The minimum atomic E-state index is 0. The molecule has 0 saturated heterocycles. The predicted molar refractivity (Wildman–Crippen MR) is 224 cm³/mol. The maximum Gasteiger partial charge on any atom is 2.00 e. The van der Waals surface area contributed by atoms with E-state index >= 15 is 0 Å². The van der Waals surface area contributed by atoms with Crippen molar-refractivity contribution in [1.82, 2.24) is 0 Å². The zero-order valence-corrected chi connectivity index (χ0v) is 35.2. The Balaban J connectivity index is 0.00000251. The number of benzene rings is 2. The monoisotopic (exact) mass is 741 g/mol. The van der Waals surface area contributed by atoms with E-state index in [0.29, 0.717) is 0 Å². The van der Waals surface area contributed by atoms with Crippen LogP contribution in [0.3, 0.4) is 0 Å². The molecule has 1 aliphatic rings. The Hall–Kier alpha value is -1.99. The van der Waals surface area contributed by atoms with E-state index in [1.807, 2.05) is 0 Å². The van der Waals surface area contributed by atoms with E-state index < -0.39 is 0 Å². The first-order valence-electron chi connectivity index (χ1n) is 21.2. The van der Waals surface area contributed by atoms with Gasteiger partial charge in [0, 0.05) is 22.3 Å². The van der Waals surface area contributed by atoms with Crippen molar-refractivity contribution in [2.24, 2.45) is 0 Å². The zero-order chi connectivity index (χ0) is 36.8. The van der Waals surface area contributed by atoms with E-state index in [9.17, 15) is 5.53 Å². The van der Waals surface area contributed by atoms with Crippen LogP contribution in [0.5, 0.6) is 0 Å². The third-order valence-corrected chi connectivity index (χ3v) is 9.69. The Kier molecular flexibility index (Phi) is 31.4. The average molecular weight is 742 g/mol. The van der Waals surface area contributed by atoms with Crippen molar-refractivity contribution >= 4 is 11.4 Å². The molecule has 0 spiro atoms. The normalized spacial score (nSPS) is 12.4. The van der Waals surface area contributed by atoms with Crippen molar-refractivity contribution in [3.63, 3.8) is 0 Å². The van der Waals surface area contributed by atoms with Crippen LogP contribution in [0.1, 0.15) is 205 Å². The van der Waals surface area contributed by atoms with Crippen molar-refractivity contribution in [3.05, 3.63) is 101 Å². The summed E-state index contributed by atoms with van der Waals surface area (Å²) in [7, 11) is 0. The fourth-order valence-electron chi connectivity index (χ4n) is 6.41. The molecule has 2 aromatic rings. The Labute approximate surface area is 328 Å². The number of rotatable bonds is 24. The van der Waals surface area contributed by atoms with Gasteiger partial charge in [-0.3, -0.25) is 0 Å². The molecule has 0 saturated carbocycles. The van der Waals surface area contributed by atoms with Gasteiger partial charge in [-0.15, -0.1) is 0 Å². The van der Waals surface area contributed by atoms with Crippen LogP contribution in [0.25, 0.3) is 16.9 Å². The molecular weight excluding hydrogens is 663 g/mol. The third-order valence-electron chi connectivity index (χ3n) is 9.69. The maximum atomic E-state index is 12.0. The van der Waals surface area contributed by atoms with Gasteiger partial charge in [-0.1, -0.05) is 156 Å². The fraction of sp³-hybridized carbons (Fsp3) is 0.625.